The molecule has 1 saturated carbocycles. The number of nitrogens with two attached hydrogens (primary N) is 1. The molecule has 4 heteroatoms. The molecule has 0 saturated heterocycles. The van der Waals surface area contributed by atoms with Crippen molar-refractivity contribution in [1.82, 2.24) is 5.32 Å². The highest BCUT2D eigenvalue weighted by atomic mass is 16.5. The van der Waals surface area contributed by atoms with Crippen LogP contribution in [0.25, 0.3) is 0 Å². The zero-order valence-corrected chi connectivity index (χ0v) is 13.0. The van der Waals surface area contributed by atoms with E-state index in [0.29, 0.717) is 25.6 Å². The second-order valence-corrected chi connectivity index (χ2v) is 5.80. The molecule has 2 atom stereocenters. The van der Waals surface area contributed by atoms with Crippen molar-refractivity contribution in [2.75, 3.05) is 13.2 Å². The van der Waals surface area contributed by atoms with Crippen LogP contribution in [0, 0.1) is 18.8 Å². The molecule has 1 aromatic carbocycles. The molecule has 1 aliphatic rings. The van der Waals surface area contributed by atoms with Crippen molar-refractivity contribution in [1.29, 1.82) is 0 Å². The summed E-state index contributed by atoms with van der Waals surface area (Å²) in [5.41, 5.74) is 7.94. The Hall–Kier alpha value is -1.55. The highest BCUT2D eigenvalue weighted by Crippen LogP contribution is 2.31. The van der Waals surface area contributed by atoms with Crippen molar-refractivity contribution < 1.29 is 9.53 Å². The molecule has 0 aliphatic heterocycles. The number of ether oxygens (including phenoxy) is 1. The van der Waals surface area contributed by atoms with E-state index in [1.165, 1.54) is 0 Å². The first-order chi connectivity index (χ1) is 10.2. The highest BCUT2D eigenvalue weighted by molar-refractivity contribution is 5.79. The Bertz CT molecular complexity index is 488. The van der Waals surface area contributed by atoms with Crippen LogP contribution >= 0.6 is 0 Å². The Labute approximate surface area is 127 Å². The third kappa shape index (κ3) is 3.97. The maximum Gasteiger partial charge on any atom is 0.223 e. The molecule has 1 fully saturated rings. The number of carbonyl (C=O) groups excluding carboxylic acids is 1. The average Bonchev–Trinajstić information content (AvgIpc) is 2.95. The normalized spacial score (nSPS) is 21.3. The first-order valence-electron chi connectivity index (χ1n) is 7.85. The van der Waals surface area contributed by atoms with Gasteiger partial charge in [-0.2, -0.15) is 0 Å². The SMILES string of the molecule is CCOc1cc(C)ccc1CNC(=O)[C@@H]1CCC[C@@H]1CN. The van der Waals surface area contributed by atoms with Gasteiger partial charge in [-0.15, -0.1) is 0 Å². The molecule has 4 nitrogen and oxygen atoms in total. The number of aryl methyl sites for hydroxylation is 1. The van der Waals surface area contributed by atoms with Crippen LogP contribution < -0.4 is 15.8 Å². The summed E-state index contributed by atoms with van der Waals surface area (Å²) in [5.74, 6) is 1.41. The number of carbonyl (C=O) groups is 1. The van der Waals surface area contributed by atoms with Gasteiger partial charge < -0.3 is 15.8 Å². The van der Waals surface area contributed by atoms with E-state index in [1.54, 1.807) is 0 Å². The van der Waals surface area contributed by atoms with Crippen molar-refractivity contribution in [3.8, 4) is 5.75 Å². The van der Waals surface area contributed by atoms with E-state index in [2.05, 4.69) is 5.32 Å². The van der Waals surface area contributed by atoms with Crippen molar-refractivity contribution in [3.05, 3.63) is 29.3 Å². The number of amides is 1. The van der Waals surface area contributed by atoms with Gasteiger partial charge in [0.05, 0.1) is 6.61 Å². The van der Waals surface area contributed by atoms with E-state index < -0.39 is 0 Å². The van der Waals surface area contributed by atoms with Gasteiger partial charge in [-0.1, -0.05) is 18.6 Å². The quantitative estimate of drug-likeness (QED) is 0.845. The molecule has 0 bridgehead atoms. The monoisotopic (exact) mass is 290 g/mol. The van der Waals surface area contributed by atoms with Crippen molar-refractivity contribution >= 4 is 5.91 Å². The Kier molecular flexibility index (Phi) is 5.62. The Morgan fingerprint density at radius 2 is 2.24 bits per heavy atom. The third-order valence-corrected chi connectivity index (χ3v) is 4.27. The summed E-state index contributed by atoms with van der Waals surface area (Å²) in [6, 6.07) is 6.08. The van der Waals surface area contributed by atoms with Gasteiger partial charge in [-0.25, -0.2) is 0 Å². The van der Waals surface area contributed by atoms with E-state index in [9.17, 15) is 4.79 Å². The van der Waals surface area contributed by atoms with Crippen LogP contribution in [0.4, 0.5) is 0 Å². The lowest BCUT2D eigenvalue weighted by atomic mass is 9.95. The minimum absolute atomic E-state index is 0.0796. The van der Waals surface area contributed by atoms with Crippen LogP contribution in [-0.4, -0.2) is 19.1 Å². The lowest BCUT2D eigenvalue weighted by Gasteiger charge is -2.18. The summed E-state index contributed by atoms with van der Waals surface area (Å²) >= 11 is 0. The predicted octanol–water partition coefficient (Wildman–Crippen LogP) is 2.38. The van der Waals surface area contributed by atoms with E-state index >= 15 is 0 Å². The summed E-state index contributed by atoms with van der Waals surface area (Å²) in [7, 11) is 0. The molecular weight excluding hydrogens is 264 g/mol. The Balaban J connectivity index is 1.97. The van der Waals surface area contributed by atoms with E-state index in [0.717, 1.165) is 36.1 Å². The average molecular weight is 290 g/mol. The lowest BCUT2D eigenvalue weighted by Crippen LogP contribution is -2.34. The third-order valence-electron chi connectivity index (χ3n) is 4.27. The number of hydrogen-bond donors (Lipinski definition) is 2. The van der Waals surface area contributed by atoms with Crippen molar-refractivity contribution in [3.63, 3.8) is 0 Å². The first-order valence-corrected chi connectivity index (χ1v) is 7.85. The lowest BCUT2D eigenvalue weighted by molar-refractivity contribution is -0.126. The molecule has 0 spiro atoms. The number of hydrogen-bond acceptors (Lipinski definition) is 3. The zero-order valence-electron chi connectivity index (χ0n) is 13.0. The van der Waals surface area contributed by atoms with Gasteiger partial charge in [0.2, 0.25) is 5.91 Å². The van der Waals surface area contributed by atoms with E-state index in [4.69, 9.17) is 10.5 Å². The molecule has 116 valence electrons. The predicted molar refractivity (Wildman–Crippen MR) is 84.1 cm³/mol. The fourth-order valence-electron chi connectivity index (χ4n) is 3.08. The van der Waals surface area contributed by atoms with Gasteiger partial charge in [0.1, 0.15) is 5.75 Å². The van der Waals surface area contributed by atoms with Crippen LogP contribution in [0.1, 0.15) is 37.3 Å². The summed E-state index contributed by atoms with van der Waals surface area (Å²) in [6.45, 7) is 5.75. The number of rotatable bonds is 6. The van der Waals surface area contributed by atoms with Gasteiger partial charge >= 0.3 is 0 Å². The highest BCUT2D eigenvalue weighted by Gasteiger charge is 2.31. The maximum absolute atomic E-state index is 12.3. The summed E-state index contributed by atoms with van der Waals surface area (Å²) < 4.78 is 5.65. The van der Waals surface area contributed by atoms with Crippen LogP contribution in [0.5, 0.6) is 5.75 Å². The van der Waals surface area contributed by atoms with Gasteiger partial charge in [0.25, 0.3) is 0 Å². The minimum atomic E-state index is 0.0796. The molecular formula is C17H26N2O2. The van der Waals surface area contributed by atoms with Gasteiger partial charge in [0.15, 0.2) is 0 Å². The van der Waals surface area contributed by atoms with Crippen LogP contribution in [0.15, 0.2) is 18.2 Å². The molecule has 1 aliphatic carbocycles. The van der Waals surface area contributed by atoms with Crippen LogP contribution in [0.2, 0.25) is 0 Å². The fraction of sp³-hybridized carbons (Fsp3) is 0.588. The van der Waals surface area contributed by atoms with Crippen molar-refractivity contribution in [2.24, 2.45) is 17.6 Å². The van der Waals surface area contributed by atoms with Crippen LogP contribution in [0.3, 0.4) is 0 Å². The molecule has 0 heterocycles. The largest absolute Gasteiger partial charge is 0.494 e. The van der Waals surface area contributed by atoms with Gasteiger partial charge in [-0.3, -0.25) is 4.79 Å². The van der Waals surface area contributed by atoms with Gasteiger partial charge in [-0.05, 0) is 50.8 Å². The molecule has 21 heavy (non-hydrogen) atoms. The standard InChI is InChI=1S/C17H26N2O2/c1-3-21-16-9-12(2)7-8-14(16)11-19-17(20)15-6-4-5-13(15)10-18/h7-9,13,15H,3-6,10-11,18H2,1-2H3,(H,19,20)/t13-,15-/m1/s1. The molecule has 1 aromatic rings. The molecule has 0 radical (unpaired) electrons. The summed E-state index contributed by atoms with van der Waals surface area (Å²) in [6.07, 6.45) is 3.14. The van der Waals surface area contributed by atoms with E-state index in [-0.39, 0.29) is 11.8 Å². The topological polar surface area (TPSA) is 64.3 Å². The summed E-state index contributed by atoms with van der Waals surface area (Å²) in [4.78, 5) is 12.3. The Morgan fingerprint density at radius 1 is 1.43 bits per heavy atom. The zero-order chi connectivity index (χ0) is 15.2. The van der Waals surface area contributed by atoms with Crippen LogP contribution in [-0.2, 0) is 11.3 Å². The smallest absolute Gasteiger partial charge is 0.223 e. The van der Waals surface area contributed by atoms with Crippen molar-refractivity contribution in [2.45, 2.75) is 39.7 Å². The molecule has 0 aromatic heterocycles. The number of nitrogens with one attached hydrogen (secondary N) is 1. The van der Waals surface area contributed by atoms with Gasteiger partial charge in [0, 0.05) is 18.0 Å². The second-order valence-electron chi connectivity index (χ2n) is 5.80. The maximum atomic E-state index is 12.3. The number of benzene rings is 1. The molecule has 2 rings (SSSR count). The second kappa shape index (κ2) is 7.46. The Morgan fingerprint density at radius 3 is 2.95 bits per heavy atom. The summed E-state index contributed by atoms with van der Waals surface area (Å²) in [5, 5.41) is 3.05. The fourth-order valence-corrected chi connectivity index (χ4v) is 3.08. The molecule has 1 amide bonds. The first kappa shape index (κ1) is 15.8. The van der Waals surface area contributed by atoms with E-state index in [1.807, 2.05) is 32.0 Å². The minimum Gasteiger partial charge on any atom is -0.494 e. The molecule has 3 N–H and O–H groups in total. The molecule has 0 unspecified atom stereocenters.